The Morgan fingerprint density at radius 2 is 2.32 bits per heavy atom. The van der Waals surface area contributed by atoms with Gasteiger partial charge in [0.1, 0.15) is 5.75 Å². The molecular formula is C15H21NO3. The van der Waals surface area contributed by atoms with Crippen molar-refractivity contribution in [1.29, 1.82) is 0 Å². The molecule has 1 aromatic rings. The van der Waals surface area contributed by atoms with Crippen LogP contribution in [-0.2, 0) is 0 Å². The van der Waals surface area contributed by atoms with E-state index in [9.17, 15) is 9.90 Å². The summed E-state index contributed by atoms with van der Waals surface area (Å²) in [5, 5.41) is 9.48. The summed E-state index contributed by atoms with van der Waals surface area (Å²) >= 11 is 0. The number of carbonyl (C=O) groups excluding carboxylic acids is 1. The first-order valence-corrected chi connectivity index (χ1v) is 6.76. The van der Waals surface area contributed by atoms with Crippen LogP contribution in [0.1, 0.15) is 30.6 Å². The highest BCUT2D eigenvalue weighted by molar-refractivity contribution is 5.94. The summed E-state index contributed by atoms with van der Waals surface area (Å²) in [4.78, 5) is 13.9. The van der Waals surface area contributed by atoms with Gasteiger partial charge in [-0.1, -0.05) is 19.9 Å². The van der Waals surface area contributed by atoms with Gasteiger partial charge < -0.3 is 14.7 Å². The number of hydrogen-bond acceptors (Lipinski definition) is 3. The lowest BCUT2D eigenvalue weighted by Gasteiger charge is -2.16. The lowest BCUT2D eigenvalue weighted by molar-refractivity contribution is 0.0764. The molecule has 104 valence electrons. The van der Waals surface area contributed by atoms with Crippen LogP contribution in [0.2, 0.25) is 0 Å². The van der Waals surface area contributed by atoms with Crippen molar-refractivity contribution < 1.29 is 14.6 Å². The SMILES string of the molecule is CC(C)COc1cccc(C(=O)N2CC[C@H](O)C2)c1. The molecule has 19 heavy (non-hydrogen) atoms. The fraction of sp³-hybridized carbons (Fsp3) is 0.533. The van der Waals surface area contributed by atoms with Crippen LogP contribution >= 0.6 is 0 Å². The van der Waals surface area contributed by atoms with Crippen LogP contribution in [0.5, 0.6) is 5.75 Å². The molecule has 2 rings (SSSR count). The summed E-state index contributed by atoms with van der Waals surface area (Å²) in [6, 6.07) is 7.25. The molecule has 0 aromatic heterocycles. The van der Waals surface area contributed by atoms with E-state index in [1.807, 2.05) is 12.1 Å². The van der Waals surface area contributed by atoms with E-state index < -0.39 is 0 Å². The van der Waals surface area contributed by atoms with Crippen LogP contribution in [0.25, 0.3) is 0 Å². The van der Waals surface area contributed by atoms with E-state index in [0.29, 0.717) is 37.6 Å². The van der Waals surface area contributed by atoms with Crippen LogP contribution in [0.15, 0.2) is 24.3 Å². The number of ether oxygens (including phenoxy) is 1. The molecule has 4 nitrogen and oxygen atoms in total. The summed E-state index contributed by atoms with van der Waals surface area (Å²) in [7, 11) is 0. The van der Waals surface area contributed by atoms with E-state index in [1.165, 1.54) is 0 Å². The van der Waals surface area contributed by atoms with Crippen molar-refractivity contribution in [2.24, 2.45) is 5.92 Å². The number of likely N-dealkylation sites (tertiary alicyclic amines) is 1. The lowest BCUT2D eigenvalue weighted by Crippen LogP contribution is -2.29. The molecule has 1 aliphatic rings. The second-order valence-corrected chi connectivity index (χ2v) is 5.43. The Bertz CT molecular complexity index is 445. The zero-order chi connectivity index (χ0) is 13.8. The number of benzene rings is 1. The zero-order valence-corrected chi connectivity index (χ0v) is 11.5. The topological polar surface area (TPSA) is 49.8 Å². The van der Waals surface area contributed by atoms with E-state index in [-0.39, 0.29) is 12.0 Å². The molecule has 4 heteroatoms. The number of nitrogens with zero attached hydrogens (tertiary/aromatic N) is 1. The molecule has 1 heterocycles. The minimum atomic E-state index is -0.385. The van der Waals surface area contributed by atoms with Gasteiger partial charge in [-0.25, -0.2) is 0 Å². The number of aliphatic hydroxyl groups is 1. The van der Waals surface area contributed by atoms with E-state index in [4.69, 9.17) is 4.74 Å². The molecule has 1 atom stereocenters. The number of hydrogen-bond donors (Lipinski definition) is 1. The standard InChI is InChI=1S/C15H21NO3/c1-11(2)10-19-14-5-3-4-12(8-14)15(18)16-7-6-13(17)9-16/h3-5,8,11,13,17H,6-7,9-10H2,1-2H3/t13-/m0/s1. The number of rotatable bonds is 4. The second kappa shape index (κ2) is 6.06. The molecule has 0 bridgehead atoms. The van der Waals surface area contributed by atoms with Crippen LogP contribution in [-0.4, -0.2) is 41.7 Å². The maximum Gasteiger partial charge on any atom is 0.254 e. The highest BCUT2D eigenvalue weighted by Crippen LogP contribution is 2.18. The van der Waals surface area contributed by atoms with Gasteiger partial charge in [0.25, 0.3) is 5.91 Å². The number of β-amino-alcohol motifs (C(OH)–C–C–N with tert-alkyl or cyclic N) is 1. The monoisotopic (exact) mass is 263 g/mol. The zero-order valence-electron chi connectivity index (χ0n) is 11.5. The van der Waals surface area contributed by atoms with Crippen molar-refractivity contribution in [2.75, 3.05) is 19.7 Å². The maximum atomic E-state index is 12.2. The van der Waals surface area contributed by atoms with Gasteiger partial charge in [-0.2, -0.15) is 0 Å². The van der Waals surface area contributed by atoms with Gasteiger partial charge in [-0.3, -0.25) is 4.79 Å². The van der Waals surface area contributed by atoms with Crippen molar-refractivity contribution in [3.8, 4) is 5.75 Å². The summed E-state index contributed by atoms with van der Waals surface area (Å²) in [6.45, 7) is 5.86. The molecular weight excluding hydrogens is 242 g/mol. The molecule has 0 radical (unpaired) electrons. The minimum Gasteiger partial charge on any atom is -0.493 e. The van der Waals surface area contributed by atoms with Crippen LogP contribution in [0, 0.1) is 5.92 Å². The summed E-state index contributed by atoms with van der Waals surface area (Å²) in [5.41, 5.74) is 0.621. The molecule has 0 spiro atoms. The third-order valence-electron chi connectivity index (χ3n) is 3.11. The third-order valence-corrected chi connectivity index (χ3v) is 3.11. The first-order chi connectivity index (χ1) is 9.06. The Labute approximate surface area is 114 Å². The lowest BCUT2D eigenvalue weighted by atomic mass is 10.2. The van der Waals surface area contributed by atoms with Crippen LogP contribution in [0.3, 0.4) is 0 Å². The van der Waals surface area contributed by atoms with E-state index in [2.05, 4.69) is 13.8 Å². The van der Waals surface area contributed by atoms with Gasteiger partial charge in [0.05, 0.1) is 12.7 Å². The van der Waals surface area contributed by atoms with Gasteiger partial charge in [0, 0.05) is 18.7 Å². The Hall–Kier alpha value is -1.55. The first-order valence-electron chi connectivity index (χ1n) is 6.76. The Morgan fingerprint density at radius 3 is 2.95 bits per heavy atom. The molecule has 1 N–H and O–H groups in total. The highest BCUT2D eigenvalue weighted by Gasteiger charge is 2.25. The van der Waals surface area contributed by atoms with Gasteiger partial charge in [-0.05, 0) is 30.5 Å². The second-order valence-electron chi connectivity index (χ2n) is 5.43. The molecule has 0 saturated carbocycles. The number of aliphatic hydroxyl groups excluding tert-OH is 1. The highest BCUT2D eigenvalue weighted by atomic mass is 16.5. The van der Waals surface area contributed by atoms with Crippen LogP contribution in [0.4, 0.5) is 0 Å². The molecule has 0 unspecified atom stereocenters. The van der Waals surface area contributed by atoms with E-state index in [0.717, 1.165) is 5.75 Å². The largest absolute Gasteiger partial charge is 0.493 e. The minimum absolute atomic E-state index is 0.0356. The molecule has 0 aliphatic carbocycles. The van der Waals surface area contributed by atoms with Crippen molar-refractivity contribution in [1.82, 2.24) is 4.90 Å². The van der Waals surface area contributed by atoms with Crippen molar-refractivity contribution >= 4 is 5.91 Å². The first kappa shape index (κ1) is 13.9. The maximum absolute atomic E-state index is 12.2. The fourth-order valence-electron chi connectivity index (χ4n) is 2.09. The van der Waals surface area contributed by atoms with Gasteiger partial charge >= 0.3 is 0 Å². The van der Waals surface area contributed by atoms with Crippen molar-refractivity contribution in [3.63, 3.8) is 0 Å². The quantitative estimate of drug-likeness (QED) is 0.903. The van der Waals surface area contributed by atoms with Crippen molar-refractivity contribution in [3.05, 3.63) is 29.8 Å². The molecule has 1 aromatic carbocycles. The molecule has 1 fully saturated rings. The third kappa shape index (κ3) is 3.70. The van der Waals surface area contributed by atoms with Crippen molar-refractivity contribution in [2.45, 2.75) is 26.4 Å². The Balaban J connectivity index is 2.03. The average Bonchev–Trinajstić information content (AvgIpc) is 2.82. The Morgan fingerprint density at radius 1 is 1.53 bits per heavy atom. The normalized spacial score (nSPS) is 18.9. The number of carbonyl (C=O) groups is 1. The van der Waals surface area contributed by atoms with Crippen LogP contribution < -0.4 is 4.74 Å². The summed E-state index contributed by atoms with van der Waals surface area (Å²) in [6.07, 6.45) is 0.277. The van der Waals surface area contributed by atoms with Gasteiger partial charge in [0.2, 0.25) is 0 Å². The fourth-order valence-corrected chi connectivity index (χ4v) is 2.09. The van der Waals surface area contributed by atoms with Gasteiger partial charge in [0.15, 0.2) is 0 Å². The predicted octanol–water partition coefficient (Wildman–Crippen LogP) is 1.93. The summed E-state index contributed by atoms with van der Waals surface area (Å²) < 4.78 is 5.62. The molecule has 1 saturated heterocycles. The Kier molecular flexibility index (Phi) is 4.43. The molecule has 1 amide bonds. The average molecular weight is 263 g/mol. The predicted molar refractivity (Wildman–Crippen MR) is 73.3 cm³/mol. The number of amides is 1. The smallest absolute Gasteiger partial charge is 0.254 e. The van der Waals surface area contributed by atoms with Gasteiger partial charge in [-0.15, -0.1) is 0 Å². The molecule has 1 aliphatic heterocycles. The van der Waals surface area contributed by atoms with E-state index in [1.54, 1.807) is 17.0 Å². The summed E-state index contributed by atoms with van der Waals surface area (Å²) in [5.74, 6) is 1.14. The van der Waals surface area contributed by atoms with E-state index >= 15 is 0 Å².